The van der Waals surface area contributed by atoms with Crippen LogP contribution in [0.2, 0.25) is 0 Å². The highest BCUT2D eigenvalue weighted by atomic mass is 16.4. The van der Waals surface area contributed by atoms with E-state index in [-0.39, 0.29) is 0 Å². The molecule has 1 N–H and O–H groups in total. The minimum atomic E-state index is -0.653. The lowest BCUT2D eigenvalue weighted by Crippen LogP contribution is -1.93. The van der Waals surface area contributed by atoms with Gasteiger partial charge in [-0.3, -0.25) is 4.79 Å². The summed E-state index contributed by atoms with van der Waals surface area (Å²) in [4.78, 5) is 10.3. The topological polar surface area (TPSA) is 61.1 Å². The quantitative estimate of drug-likeness (QED) is 0.243. The van der Waals surface area contributed by atoms with E-state index in [4.69, 9.17) is 10.4 Å². The first-order valence-corrected chi connectivity index (χ1v) is 9.91. The molecule has 0 unspecified atom stereocenters. The number of rotatable bonds is 16. The van der Waals surface area contributed by atoms with Crippen molar-refractivity contribution in [2.24, 2.45) is 0 Å². The Hall–Kier alpha value is -1.30. The maximum atomic E-state index is 10.3. The molecule has 24 heavy (non-hydrogen) atoms. The van der Waals surface area contributed by atoms with E-state index in [1.807, 2.05) is 0 Å². The zero-order valence-corrected chi connectivity index (χ0v) is 15.9. The third-order valence-electron chi connectivity index (χ3n) is 4.09. The lowest BCUT2D eigenvalue weighted by molar-refractivity contribution is -0.137. The first-order valence-electron chi connectivity index (χ1n) is 9.91. The SMILES string of the molecule is C=CC#N.CCCCCCCCCCCCCCCCCC(=O)O. The van der Waals surface area contributed by atoms with Gasteiger partial charge in [-0.15, -0.1) is 0 Å². The lowest BCUT2D eigenvalue weighted by atomic mass is 10.0. The molecule has 0 atom stereocenters. The summed E-state index contributed by atoms with van der Waals surface area (Å²) in [6, 6.07) is 1.69. The number of nitrogens with zero attached hydrogens (tertiary/aromatic N) is 1. The van der Waals surface area contributed by atoms with Gasteiger partial charge in [0.05, 0.1) is 6.07 Å². The fourth-order valence-electron chi connectivity index (χ4n) is 2.65. The number of hydrogen-bond donors (Lipinski definition) is 1. The monoisotopic (exact) mass is 337 g/mol. The molecule has 0 aromatic heterocycles. The molecule has 0 aromatic carbocycles. The number of unbranched alkanes of at least 4 members (excludes halogenated alkanes) is 14. The van der Waals surface area contributed by atoms with Gasteiger partial charge in [0.2, 0.25) is 0 Å². The second-order valence-corrected chi connectivity index (χ2v) is 6.43. The average molecular weight is 338 g/mol. The van der Waals surface area contributed by atoms with Crippen molar-refractivity contribution in [3.05, 3.63) is 12.7 Å². The van der Waals surface area contributed by atoms with Crippen LogP contribution >= 0.6 is 0 Å². The number of carboxylic acid groups (broad SMARTS) is 1. The summed E-state index contributed by atoms with van der Waals surface area (Å²) in [5, 5.41) is 16.0. The van der Waals surface area contributed by atoms with Crippen LogP contribution in [-0.2, 0) is 4.79 Å². The first kappa shape index (κ1) is 24.9. The number of nitriles is 1. The minimum absolute atomic E-state index is 0.345. The lowest BCUT2D eigenvalue weighted by Gasteiger charge is -2.03. The van der Waals surface area contributed by atoms with E-state index >= 15 is 0 Å². The van der Waals surface area contributed by atoms with Gasteiger partial charge in [-0.1, -0.05) is 103 Å². The minimum Gasteiger partial charge on any atom is -0.481 e. The molecule has 0 aliphatic rings. The van der Waals surface area contributed by atoms with Crippen LogP contribution in [0.5, 0.6) is 0 Å². The summed E-state index contributed by atoms with van der Waals surface area (Å²) in [5.41, 5.74) is 0. The van der Waals surface area contributed by atoms with E-state index in [0.717, 1.165) is 12.8 Å². The van der Waals surface area contributed by atoms with Crippen molar-refractivity contribution in [2.75, 3.05) is 0 Å². The van der Waals surface area contributed by atoms with Gasteiger partial charge in [-0.2, -0.15) is 5.26 Å². The molecule has 0 spiro atoms. The van der Waals surface area contributed by atoms with Crippen molar-refractivity contribution < 1.29 is 9.90 Å². The Labute approximate surface area is 150 Å². The second kappa shape index (κ2) is 24.0. The van der Waals surface area contributed by atoms with Gasteiger partial charge >= 0.3 is 5.97 Å². The van der Waals surface area contributed by atoms with E-state index < -0.39 is 5.97 Å². The van der Waals surface area contributed by atoms with Crippen molar-refractivity contribution in [2.45, 2.75) is 110 Å². The Morgan fingerprint density at radius 1 is 0.833 bits per heavy atom. The third-order valence-corrected chi connectivity index (χ3v) is 4.09. The molecular formula is C21H39NO2. The van der Waals surface area contributed by atoms with E-state index in [2.05, 4.69) is 13.5 Å². The van der Waals surface area contributed by atoms with Gasteiger partial charge in [0.1, 0.15) is 0 Å². The Morgan fingerprint density at radius 3 is 1.38 bits per heavy atom. The highest BCUT2D eigenvalue weighted by Crippen LogP contribution is 2.13. The molecule has 0 aliphatic heterocycles. The molecule has 3 nitrogen and oxygen atoms in total. The second-order valence-electron chi connectivity index (χ2n) is 6.43. The molecule has 0 saturated heterocycles. The highest BCUT2D eigenvalue weighted by molar-refractivity contribution is 5.66. The van der Waals surface area contributed by atoms with E-state index in [9.17, 15) is 4.79 Å². The molecule has 0 fully saturated rings. The van der Waals surface area contributed by atoms with E-state index in [0.29, 0.717) is 6.42 Å². The van der Waals surface area contributed by atoms with Gasteiger partial charge in [0.25, 0.3) is 0 Å². The first-order chi connectivity index (χ1) is 11.7. The maximum absolute atomic E-state index is 10.3. The van der Waals surface area contributed by atoms with Crippen molar-refractivity contribution >= 4 is 5.97 Å². The van der Waals surface area contributed by atoms with Gasteiger partial charge in [0, 0.05) is 12.5 Å². The molecule has 0 aliphatic carbocycles. The van der Waals surface area contributed by atoms with Crippen molar-refractivity contribution in [1.82, 2.24) is 0 Å². The van der Waals surface area contributed by atoms with E-state index in [1.165, 1.54) is 89.5 Å². The summed E-state index contributed by atoms with van der Waals surface area (Å²) in [7, 11) is 0. The summed E-state index contributed by atoms with van der Waals surface area (Å²) in [6.07, 6.45) is 21.4. The third kappa shape index (κ3) is 28.8. The summed E-state index contributed by atoms with van der Waals surface area (Å²) in [6.45, 7) is 5.39. The number of allylic oxidation sites excluding steroid dienone is 1. The van der Waals surface area contributed by atoms with Gasteiger partial charge in [-0.05, 0) is 6.42 Å². The molecule has 0 bridgehead atoms. The normalized spacial score (nSPS) is 9.67. The predicted molar refractivity (Wildman–Crippen MR) is 103 cm³/mol. The number of carbonyl (C=O) groups is 1. The van der Waals surface area contributed by atoms with Crippen LogP contribution in [0.4, 0.5) is 0 Å². The molecule has 0 rings (SSSR count). The van der Waals surface area contributed by atoms with Crippen LogP contribution in [0.25, 0.3) is 0 Å². The average Bonchev–Trinajstić information content (AvgIpc) is 2.58. The van der Waals surface area contributed by atoms with Crippen LogP contribution in [0, 0.1) is 11.3 Å². The van der Waals surface area contributed by atoms with E-state index in [1.54, 1.807) is 6.07 Å². The fraction of sp³-hybridized carbons (Fsp3) is 0.810. The largest absolute Gasteiger partial charge is 0.481 e. The Kier molecular flexibility index (Phi) is 24.9. The van der Waals surface area contributed by atoms with Crippen LogP contribution in [0.3, 0.4) is 0 Å². The van der Waals surface area contributed by atoms with Gasteiger partial charge in [-0.25, -0.2) is 0 Å². The number of hydrogen-bond acceptors (Lipinski definition) is 2. The fourth-order valence-corrected chi connectivity index (χ4v) is 2.65. The molecule has 0 saturated carbocycles. The summed E-state index contributed by atoms with van der Waals surface area (Å²) >= 11 is 0. The molecule has 0 amide bonds. The molecule has 140 valence electrons. The summed E-state index contributed by atoms with van der Waals surface area (Å²) in [5.74, 6) is -0.653. The Balaban J connectivity index is 0. The van der Waals surface area contributed by atoms with Crippen LogP contribution in [0.15, 0.2) is 12.7 Å². The van der Waals surface area contributed by atoms with Crippen LogP contribution < -0.4 is 0 Å². The molecular weight excluding hydrogens is 298 g/mol. The highest BCUT2D eigenvalue weighted by Gasteiger charge is 1.97. The summed E-state index contributed by atoms with van der Waals surface area (Å²) < 4.78 is 0. The predicted octanol–water partition coefficient (Wildman–Crippen LogP) is 7.03. The molecule has 3 heteroatoms. The zero-order chi connectivity index (χ0) is 18.3. The number of carboxylic acids is 1. The molecule has 0 aromatic rings. The van der Waals surface area contributed by atoms with Crippen molar-refractivity contribution in [3.8, 4) is 6.07 Å². The van der Waals surface area contributed by atoms with Crippen molar-refractivity contribution in [3.63, 3.8) is 0 Å². The van der Waals surface area contributed by atoms with Crippen molar-refractivity contribution in [1.29, 1.82) is 5.26 Å². The maximum Gasteiger partial charge on any atom is 0.303 e. The number of aliphatic carboxylic acids is 1. The zero-order valence-electron chi connectivity index (χ0n) is 15.9. The van der Waals surface area contributed by atoms with Crippen LogP contribution in [0.1, 0.15) is 110 Å². The molecule has 0 radical (unpaired) electrons. The molecule has 0 heterocycles. The Morgan fingerprint density at radius 2 is 1.12 bits per heavy atom. The van der Waals surface area contributed by atoms with Gasteiger partial charge < -0.3 is 5.11 Å². The van der Waals surface area contributed by atoms with Crippen LogP contribution in [-0.4, -0.2) is 11.1 Å². The standard InChI is InChI=1S/C18H36O2.C3H3N/c1-2-3-4-5-6-7-8-9-10-11-12-13-14-15-16-17-18(19)20;1-2-3-4/h2-17H2,1H3,(H,19,20);2H,1H2. The van der Waals surface area contributed by atoms with Gasteiger partial charge in [0.15, 0.2) is 0 Å². The smallest absolute Gasteiger partial charge is 0.303 e. The Bertz CT molecular complexity index is 307.